The topological polar surface area (TPSA) is 18.5 Å². The number of hydrogen-bond acceptors (Lipinski definition) is 2. The van der Waals surface area contributed by atoms with Crippen molar-refractivity contribution >= 4 is 0 Å². The maximum absolute atomic E-state index is 5.91. The molecule has 0 N–H and O–H groups in total. The minimum Gasteiger partial charge on any atom is -0.459 e. The lowest BCUT2D eigenvalue weighted by Gasteiger charge is -2.27. The smallest absolute Gasteiger partial charge is 0.130 e. The summed E-state index contributed by atoms with van der Waals surface area (Å²) in [4.78, 5) is 0. The summed E-state index contributed by atoms with van der Waals surface area (Å²) >= 11 is 0. The Morgan fingerprint density at radius 3 is 2.94 bits per heavy atom. The second kappa shape index (κ2) is 4.30. The van der Waals surface area contributed by atoms with Crippen molar-refractivity contribution in [3.05, 3.63) is 41.7 Å². The number of ether oxygens (including phenoxy) is 2. The molecule has 3 rings (SSSR count). The van der Waals surface area contributed by atoms with E-state index >= 15 is 0 Å². The zero-order valence-corrected chi connectivity index (χ0v) is 9.32. The minimum absolute atomic E-state index is 0.183. The summed E-state index contributed by atoms with van der Waals surface area (Å²) in [6.07, 6.45) is 6.83. The first-order valence-corrected chi connectivity index (χ1v) is 6.01. The molecule has 1 saturated heterocycles. The molecule has 1 unspecified atom stereocenters. The maximum atomic E-state index is 5.91. The molecular weight excluding hydrogens is 200 g/mol. The summed E-state index contributed by atoms with van der Waals surface area (Å²) in [5.41, 5.74) is 1.27. The van der Waals surface area contributed by atoms with Gasteiger partial charge in [0.1, 0.15) is 17.6 Å². The zero-order chi connectivity index (χ0) is 10.8. The molecule has 2 aliphatic heterocycles. The van der Waals surface area contributed by atoms with Gasteiger partial charge in [0.05, 0.1) is 0 Å². The molecule has 2 heterocycles. The molecule has 1 aromatic rings. The van der Waals surface area contributed by atoms with E-state index in [1.54, 1.807) is 0 Å². The molecule has 0 spiro atoms. The van der Waals surface area contributed by atoms with Crippen LogP contribution in [0.1, 0.15) is 24.8 Å². The molecule has 16 heavy (non-hydrogen) atoms. The molecule has 2 heteroatoms. The first kappa shape index (κ1) is 9.91. The highest BCUT2D eigenvalue weighted by atomic mass is 16.5. The molecule has 1 fully saturated rings. The monoisotopic (exact) mass is 216 g/mol. The predicted octanol–water partition coefficient (Wildman–Crippen LogP) is 3.07. The lowest BCUT2D eigenvalue weighted by molar-refractivity contribution is 0.0174. The zero-order valence-electron chi connectivity index (χ0n) is 9.32. The van der Waals surface area contributed by atoms with Crippen LogP contribution in [0.3, 0.4) is 0 Å². The van der Waals surface area contributed by atoms with Crippen molar-refractivity contribution in [1.29, 1.82) is 0 Å². The van der Waals surface area contributed by atoms with Crippen molar-refractivity contribution in [3.63, 3.8) is 0 Å². The van der Waals surface area contributed by atoms with Crippen LogP contribution >= 0.6 is 0 Å². The summed E-state index contributed by atoms with van der Waals surface area (Å²) in [5, 5.41) is 0. The van der Waals surface area contributed by atoms with Gasteiger partial charge >= 0.3 is 0 Å². The van der Waals surface area contributed by atoms with Crippen molar-refractivity contribution in [2.75, 3.05) is 6.61 Å². The number of allylic oxidation sites excluding steroid dienone is 1. The van der Waals surface area contributed by atoms with Gasteiger partial charge in [0, 0.05) is 6.61 Å². The Bertz CT molecular complexity index is 403. The standard InChI is InChI=1S/C14H16O2/c1-2-6-12-11(5-1)8-9-14(16-12)13-7-3-4-10-15-13/h1-2,5-6,9,13H,3-4,7-8,10H2. The summed E-state index contributed by atoms with van der Waals surface area (Å²) in [5.74, 6) is 2.01. The average Bonchev–Trinajstić information content (AvgIpc) is 2.39. The third-order valence-corrected chi connectivity index (χ3v) is 3.22. The average molecular weight is 216 g/mol. The molecule has 0 aromatic heterocycles. The van der Waals surface area contributed by atoms with Crippen molar-refractivity contribution < 1.29 is 9.47 Å². The third kappa shape index (κ3) is 1.85. The Morgan fingerprint density at radius 2 is 2.06 bits per heavy atom. The molecule has 0 amide bonds. The van der Waals surface area contributed by atoms with E-state index in [1.807, 2.05) is 12.1 Å². The number of hydrogen-bond donors (Lipinski definition) is 0. The molecular formula is C14H16O2. The van der Waals surface area contributed by atoms with Crippen molar-refractivity contribution in [2.24, 2.45) is 0 Å². The Balaban J connectivity index is 1.77. The number of fused-ring (bicyclic) bond motifs is 1. The Labute approximate surface area is 95.9 Å². The van der Waals surface area contributed by atoms with Crippen LogP contribution in [-0.2, 0) is 11.2 Å². The molecule has 0 bridgehead atoms. The fraction of sp³-hybridized carbons (Fsp3) is 0.429. The van der Waals surface area contributed by atoms with Crippen LogP contribution in [0.2, 0.25) is 0 Å². The van der Waals surface area contributed by atoms with E-state index < -0.39 is 0 Å². The van der Waals surface area contributed by atoms with Gasteiger partial charge in [-0.3, -0.25) is 0 Å². The van der Waals surface area contributed by atoms with Gasteiger partial charge in [-0.15, -0.1) is 0 Å². The number of benzene rings is 1. The van der Waals surface area contributed by atoms with Crippen LogP contribution in [0, 0.1) is 0 Å². The molecule has 0 saturated carbocycles. The first-order chi connectivity index (χ1) is 7.93. The lowest BCUT2D eigenvalue weighted by atomic mass is 10.0. The van der Waals surface area contributed by atoms with E-state index in [-0.39, 0.29) is 6.10 Å². The fourth-order valence-electron chi connectivity index (χ4n) is 2.31. The Hall–Kier alpha value is -1.28. The maximum Gasteiger partial charge on any atom is 0.130 e. The van der Waals surface area contributed by atoms with Gasteiger partial charge in [0.2, 0.25) is 0 Å². The van der Waals surface area contributed by atoms with E-state index in [2.05, 4.69) is 18.2 Å². The van der Waals surface area contributed by atoms with E-state index in [0.29, 0.717) is 0 Å². The van der Waals surface area contributed by atoms with Gasteiger partial charge in [0.15, 0.2) is 0 Å². The first-order valence-electron chi connectivity index (χ1n) is 6.01. The molecule has 1 atom stereocenters. The van der Waals surface area contributed by atoms with Gasteiger partial charge in [0.25, 0.3) is 0 Å². The fourth-order valence-corrected chi connectivity index (χ4v) is 2.31. The van der Waals surface area contributed by atoms with Gasteiger partial charge in [-0.1, -0.05) is 18.2 Å². The second-order valence-electron chi connectivity index (χ2n) is 4.38. The highest BCUT2D eigenvalue weighted by Gasteiger charge is 2.23. The summed E-state index contributed by atoms with van der Waals surface area (Å²) in [7, 11) is 0. The molecule has 1 aromatic carbocycles. The van der Waals surface area contributed by atoms with E-state index in [1.165, 1.54) is 18.4 Å². The van der Waals surface area contributed by atoms with Gasteiger partial charge in [-0.25, -0.2) is 0 Å². The number of para-hydroxylation sites is 1. The highest BCUT2D eigenvalue weighted by molar-refractivity contribution is 5.39. The lowest BCUT2D eigenvalue weighted by Crippen LogP contribution is -2.25. The molecule has 84 valence electrons. The summed E-state index contributed by atoms with van der Waals surface area (Å²) in [6.45, 7) is 0.868. The van der Waals surface area contributed by atoms with Crippen molar-refractivity contribution in [1.82, 2.24) is 0 Å². The Kier molecular flexibility index (Phi) is 2.66. The Morgan fingerprint density at radius 1 is 1.12 bits per heavy atom. The molecule has 2 nitrogen and oxygen atoms in total. The van der Waals surface area contributed by atoms with Gasteiger partial charge < -0.3 is 9.47 Å². The summed E-state index contributed by atoms with van der Waals surface area (Å²) < 4.78 is 11.6. The van der Waals surface area contributed by atoms with Gasteiger partial charge in [-0.2, -0.15) is 0 Å². The van der Waals surface area contributed by atoms with Gasteiger partial charge in [-0.05, 0) is 43.4 Å². The third-order valence-electron chi connectivity index (χ3n) is 3.22. The van der Waals surface area contributed by atoms with Crippen molar-refractivity contribution in [2.45, 2.75) is 31.8 Å². The van der Waals surface area contributed by atoms with E-state index in [9.17, 15) is 0 Å². The van der Waals surface area contributed by atoms with Crippen LogP contribution < -0.4 is 4.74 Å². The minimum atomic E-state index is 0.183. The van der Waals surface area contributed by atoms with Crippen LogP contribution in [0.15, 0.2) is 36.1 Å². The highest BCUT2D eigenvalue weighted by Crippen LogP contribution is 2.30. The normalized spacial score (nSPS) is 24.2. The molecule has 0 aliphatic carbocycles. The predicted molar refractivity (Wildman–Crippen MR) is 62.4 cm³/mol. The number of rotatable bonds is 1. The summed E-state index contributed by atoms with van der Waals surface area (Å²) in [6, 6.07) is 8.22. The molecule has 0 radical (unpaired) electrons. The van der Waals surface area contributed by atoms with Crippen LogP contribution in [-0.4, -0.2) is 12.7 Å². The molecule has 2 aliphatic rings. The van der Waals surface area contributed by atoms with Crippen LogP contribution in [0.5, 0.6) is 5.75 Å². The van der Waals surface area contributed by atoms with Crippen LogP contribution in [0.25, 0.3) is 0 Å². The largest absolute Gasteiger partial charge is 0.459 e. The van der Waals surface area contributed by atoms with Crippen molar-refractivity contribution in [3.8, 4) is 5.75 Å². The quantitative estimate of drug-likeness (QED) is 0.718. The van der Waals surface area contributed by atoms with Crippen LogP contribution in [0.4, 0.5) is 0 Å². The second-order valence-corrected chi connectivity index (χ2v) is 4.38. The van der Waals surface area contributed by atoms with E-state index in [4.69, 9.17) is 9.47 Å². The SMILES string of the molecule is C1=C(C2CCCCO2)Oc2ccccc2C1. The van der Waals surface area contributed by atoms with E-state index in [0.717, 1.165) is 31.0 Å².